The number of hydrogen-bond donors (Lipinski definition) is 1. The number of carbonyl (C=O) groups is 1. The van der Waals surface area contributed by atoms with Crippen molar-refractivity contribution in [3.63, 3.8) is 0 Å². The summed E-state index contributed by atoms with van der Waals surface area (Å²) in [4.78, 5) is 15.1. The molecule has 1 heterocycles. The van der Waals surface area contributed by atoms with E-state index < -0.39 is 0 Å². The van der Waals surface area contributed by atoms with E-state index in [1.807, 2.05) is 19.1 Å². The summed E-state index contributed by atoms with van der Waals surface area (Å²) in [5.74, 6) is 0.103. The zero-order valence-electron chi connectivity index (χ0n) is 7.79. The van der Waals surface area contributed by atoms with Crippen molar-refractivity contribution in [3.05, 3.63) is 30.1 Å². The molecule has 0 radical (unpaired) electrons. The molecular formula is C10H14N2O. The summed E-state index contributed by atoms with van der Waals surface area (Å²) >= 11 is 0. The lowest BCUT2D eigenvalue weighted by molar-refractivity contribution is -0.120. The van der Waals surface area contributed by atoms with Gasteiger partial charge in [0.1, 0.15) is 0 Å². The molecule has 0 atom stereocenters. The van der Waals surface area contributed by atoms with Gasteiger partial charge in [0.05, 0.1) is 0 Å². The Morgan fingerprint density at radius 2 is 2.46 bits per heavy atom. The lowest BCUT2D eigenvalue weighted by Gasteiger charge is -2.01. The Labute approximate surface area is 78.2 Å². The average Bonchev–Trinajstić information content (AvgIpc) is 2.17. The summed E-state index contributed by atoms with van der Waals surface area (Å²) in [7, 11) is 0. The van der Waals surface area contributed by atoms with E-state index in [1.165, 1.54) is 0 Å². The molecule has 0 saturated heterocycles. The third-order valence-electron chi connectivity index (χ3n) is 1.74. The van der Waals surface area contributed by atoms with Crippen LogP contribution in [0.5, 0.6) is 0 Å². The average molecular weight is 178 g/mol. The molecule has 0 fully saturated rings. The minimum atomic E-state index is 0.103. The van der Waals surface area contributed by atoms with E-state index in [4.69, 9.17) is 0 Å². The molecule has 0 spiro atoms. The van der Waals surface area contributed by atoms with Gasteiger partial charge in [-0.15, -0.1) is 0 Å². The number of aromatic nitrogens is 1. The van der Waals surface area contributed by atoms with Crippen LogP contribution in [0.2, 0.25) is 0 Å². The van der Waals surface area contributed by atoms with Crippen molar-refractivity contribution in [2.75, 3.05) is 6.54 Å². The van der Waals surface area contributed by atoms with Crippen LogP contribution in [0.15, 0.2) is 24.5 Å². The van der Waals surface area contributed by atoms with Crippen molar-refractivity contribution in [2.45, 2.75) is 19.8 Å². The number of pyridine rings is 1. The Balaban J connectivity index is 2.31. The molecular weight excluding hydrogens is 164 g/mol. The van der Waals surface area contributed by atoms with Gasteiger partial charge in [0.2, 0.25) is 5.91 Å². The van der Waals surface area contributed by atoms with Crippen LogP contribution in [0.3, 0.4) is 0 Å². The van der Waals surface area contributed by atoms with Gasteiger partial charge in [-0.1, -0.05) is 6.07 Å². The normalized spacial score (nSPS) is 9.62. The van der Waals surface area contributed by atoms with Gasteiger partial charge in [-0.2, -0.15) is 0 Å². The summed E-state index contributed by atoms with van der Waals surface area (Å²) in [6, 6.07) is 3.86. The number of nitrogens with one attached hydrogen (secondary N) is 1. The molecule has 1 N–H and O–H groups in total. The van der Waals surface area contributed by atoms with Crippen molar-refractivity contribution in [2.24, 2.45) is 0 Å². The van der Waals surface area contributed by atoms with Crippen LogP contribution in [0.25, 0.3) is 0 Å². The van der Waals surface area contributed by atoms with E-state index in [9.17, 15) is 4.79 Å². The van der Waals surface area contributed by atoms with E-state index in [1.54, 1.807) is 12.4 Å². The minimum absolute atomic E-state index is 0.103. The molecule has 1 rings (SSSR count). The Bertz CT molecular complexity index is 259. The SMILES string of the molecule is CCNC(=O)CCc1cccnc1. The van der Waals surface area contributed by atoms with Gasteiger partial charge < -0.3 is 5.32 Å². The fraction of sp³-hybridized carbons (Fsp3) is 0.400. The van der Waals surface area contributed by atoms with Crippen LogP contribution >= 0.6 is 0 Å². The minimum Gasteiger partial charge on any atom is -0.356 e. The van der Waals surface area contributed by atoms with Crippen LogP contribution in [0.4, 0.5) is 0 Å². The van der Waals surface area contributed by atoms with Gasteiger partial charge in [0, 0.05) is 25.4 Å². The molecule has 3 nitrogen and oxygen atoms in total. The number of carbonyl (C=O) groups excluding carboxylic acids is 1. The predicted molar refractivity (Wildman–Crippen MR) is 51.2 cm³/mol. The Morgan fingerprint density at radius 3 is 3.08 bits per heavy atom. The number of rotatable bonds is 4. The monoisotopic (exact) mass is 178 g/mol. The molecule has 0 unspecified atom stereocenters. The molecule has 0 aliphatic carbocycles. The summed E-state index contributed by atoms with van der Waals surface area (Å²) in [6.45, 7) is 2.62. The lowest BCUT2D eigenvalue weighted by atomic mass is 10.1. The second kappa shape index (κ2) is 5.30. The highest BCUT2D eigenvalue weighted by molar-refractivity contribution is 5.76. The Morgan fingerprint density at radius 1 is 1.62 bits per heavy atom. The highest BCUT2D eigenvalue weighted by Gasteiger charge is 1.99. The first kappa shape index (κ1) is 9.71. The van der Waals surface area contributed by atoms with Crippen LogP contribution in [-0.2, 0) is 11.2 Å². The molecule has 70 valence electrons. The van der Waals surface area contributed by atoms with E-state index in [2.05, 4.69) is 10.3 Å². The zero-order valence-corrected chi connectivity index (χ0v) is 7.79. The summed E-state index contributed by atoms with van der Waals surface area (Å²) in [5, 5.41) is 2.76. The molecule has 1 aromatic heterocycles. The first-order valence-corrected chi connectivity index (χ1v) is 4.48. The first-order chi connectivity index (χ1) is 6.33. The number of hydrogen-bond acceptors (Lipinski definition) is 2. The molecule has 0 bridgehead atoms. The second-order valence-electron chi connectivity index (χ2n) is 2.81. The molecule has 0 aromatic carbocycles. The van der Waals surface area contributed by atoms with E-state index in [0.717, 1.165) is 12.0 Å². The zero-order chi connectivity index (χ0) is 9.52. The molecule has 1 aromatic rings. The third-order valence-corrected chi connectivity index (χ3v) is 1.74. The van der Waals surface area contributed by atoms with Gasteiger partial charge >= 0.3 is 0 Å². The third kappa shape index (κ3) is 3.69. The molecule has 1 amide bonds. The van der Waals surface area contributed by atoms with E-state index in [0.29, 0.717) is 13.0 Å². The maximum absolute atomic E-state index is 11.1. The Hall–Kier alpha value is -1.38. The van der Waals surface area contributed by atoms with Crippen molar-refractivity contribution >= 4 is 5.91 Å². The quantitative estimate of drug-likeness (QED) is 0.751. The van der Waals surface area contributed by atoms with Gasteiger partial charge in [-0.05, 0) is 25.0 Å². The first-order valence-electron chi connectivity index (χ1n) is 4.48. The van der Waals surface area contributed by atoms with Crippen LogP contribution in [0.1, 0.15) is 18.9 Å². The van der Waals surface area contributed by atoms with E-state index >= 15 is 0 Å². The van der Waals surface area contributed by atoms with Gasteiger partial charge in [0.15, 0.2) is 0 Å². The standard InChI is InChI=1S/C10H14N2O/c1-2-12-10(13)6-5-9-4-3-7-11-8-9/h3-4,7-8H,2,5-6H2,1H3,(H,12,13). The van der Waals surface area contributed by atoms with Crippen molar-refractivity contribution in [3.8, 4) is 0 Å². The van der Waals surface area contributed by atoms with Crippen molar-refractivity contribution in [1.82, 2.24) is 10.3 Å². The molecule has 0 aliphatic rings. The largest absolute Gasteiger partial charge is 0.356 e. The molecule has 3 heteroatoms. The maximum Gasteiger partial charge on any atom is 0.220 e. The number of nitrogens with zero attached hydrogens (tertiary/aromatic N) is 1. The van der Waals surface area contributed by atoms with Crippen molar-refractivity contribution in [1.29, 1.82) is 0 Å². The van der Waals surface area contributed by atoms with Crippen LogP contribution in [-0.4, -0.2) is 17.4 Å². The molecule has 0 aliphatic heterocycles. The highest BCUT2D eigenvalue weighted by atomic mass is 16.1. The fourth-order valence-corrected chi connectivity index (χ4v) is 1.09. The summed E-state index contributed by atoms with van der Waals surface area (Å²) in [6.07, 6.45) is 4.83. The number of aryl methyl sites for hydroxylation is 1. The molecule has 0 saturated carbocycles. The topological polar surface area (TPSA) is 42.0 Å². The smallest absolute Gasteiger partial charge is 0.220 e. The van der Waals surface area contributed by atoms with Crippen LogP contribution < -0.4 is 5.32 Å². The van der Waals surface area contributed by atoms with Crippen molar-refractivity contribution < 1.29 is 4.79 Å². The lowest BCUT2D eigenvalue weighted by Crippen LogP contribution is -2.22. The predicted octanol–water partition coefficient (Wildman–Crippen LogP) is 1.15. The summed E-state index contributed by atoms with van der Waals surface area (Å²) in [5.41, 5.74) is 1.11. The highest BCUT2D eigenvalue weighted by Crippen LogP contribution is 1.99. The Kier molecular flexibility index (Phi) is 3.96. The van der Waals surface area contributed by atoms with Gasteiger partial charge in [-0.3, -0.25) is 9.78 Å². The summed E-state index contributed by atoms with van der Waals surface area (Å²) < 4.78 is 0. The number of amides is 1. The van der Waals surface area contributed by atoms with Crippen LogP contribution in [0, 0.1) is 0 Å². The fourth-order valence-electron chi connectivity index (χ4n) is 1.09. The van der Waals surface area contributed by atoms with Gasteiger partial charge in [-0.25, -0.2) is 0 Å². The second-order valence-corrected chi connectivity index (χ2v) is 2.81. The van der Waals surface area contributed by atoms with Gasteiger partial charge in [0.25, 0.3) is 0 Å². The van der Waals surface area contributed by atoms with E-state index in [-0.39, 0.29) is 5.91 Å². The molecule has 13 heavy (non-hydrogen) atoms. The maximum atomic E-state index is 11.1.